The third-order valence-corrected chi connectivity index (χ3v) is 9.56. The molecule has 0 radical (unpaired) electrons. The van der Waals surface area contributed by atoms with Crippen molar-refractivity contribution in [3.05, 3.63) is 148 Å². The monoisotopic (exact) mass is 693 g/mol. The van der Waals surface area contributed by atoms with Crippen molar-refractivity contribution in [2.24, 2.45) is 5.92 Å². The number of benzene rings is 4. The Hall–Kier alpha value is -4.64. The fourth-order valence-electron chi connectivity index (χ4n) is 6.06. The lowest BCUT2D eigenvalue weighted by atomic mass is 9.90. The van der Waals surface area contributed by atoms with Crippen LogP contribution in [0.2, 0.25) is 10.3 Å². The predicted octanol–water partition coefficient (Wildman–Crippen LogP) is 7.71. The van der Waals surface area contributed by atoms with Crippen molar-refractivity contribution in [1.29, 1.82) is 0 Å². The molecular formula is C38H33Cl2N5O4. The molecule has 3 heterocycles. The van der Waals surface area contributed by atoms with Crippen LogP contribution in [0.1, 0.15) is 52.1 Å². The number of halogens is 2. The number of carbonyl (C=O) groups excluding carboxylic acids is 1. The summed E-state index contributed by atoms with van der Waals surface area (Å²) in [5.41, 5.74) is 7.24. The van der Waals surface area contributed by atoms with Crippen molar-refractivity contribution >= 4 is 40.1 Å². The summed E-state index contributed by atoms with van der Waals surface area (Å²) in [6.07, 6.45) is 1.85. The summed E-state index contributed by atoms with van der Waals surface area (Å²) in [6, 6.07) is 31.3. The second-order valence-corrected chi connectivity index (χ2v) is 12.8. The van der Waals surface area contributed by atoms with Gasteiger partial charge in [-0.05, 0) is 52.1 Å². The molecule has 2 N–H and O–H groups in total. The lowest BCUT2D eigenvalue weighted by molar-refractivity contribution is -0.276. The van der Waals surface area contributed by atoms with Gasteiger partial charge in [-0.2, -0.15) is 0 Å². The van der Waals surface area contributed by atoms with Crippen LogP contribution in [0.4, 0.5) is 0 Å². The molecule has 7 rings (SSSR count). The van der Waals surface area contributed by atoms with E-state index in [0.717, 1.165) is 38.9 Å². The van der Waals surface area contributed by atoms with Crippen molar-refractivity contribution in [3.8, 4) is 11.1 Å². The molecule has 49 heavy (non-hydrogen) atoms. The van der Waals surface area contributed by atoms with Gasteiger partial charge in [0.15, 0.2) is 11.4 Å². The van der Waals surface area contributed by atoms with Crippen LogP contribution in [0.25, 0.3) is 22.2 Å². The highest BCUT2D eigenvalue weighted by Crippen LogP contribution is 2.43. The molecule has 0 spiro atoms. The number of aromatic nitrogens is 4. The number of aliphatic hydroxyl groups is 1. The van der Waals surface area contributed by atoms with Gasteiger partial charge in [0.2, 0.25) is 0 Å². The standard InChI is InChI=1S/C38H33Cl2N5O4/c1-23-33(20-45-22-43-35(39)36(45)40)48-38(49-34(23)26-14-12-24(21-46)13-15-26)29-9-5-8-28(17-29)27-7-4-6-25(16-27)18-42-37(47)32-19-41-30-10-2-3-11-31(30)44-32/h2-17,19,22-23,33-34,38,46H,18,20-21H2,1H3,(H,42,47). The van der Waals surface area contributed by atoms with Crippen LogP contribution in [0, 0.1) is 5.92 Å². The maximum atomic E-state index is 12.9. The van der Waals surface area contributed by atoms with Crippen LogP contribution in [0.3, 0.4) is 0 Å². The first-order valence-electron chi connectivity index (χ1n) is 15.9. The lowest BCUT2D eigenvalue weighted by Gasteiger charge is -2.41. The molecule has 6 aromatic rings. The van der Waals surface area contributed by atoms with Crippen LogP contribution < -0.4 is 5.32 Å². The predicted molar refractivity (Wildman–Crippen MR) is 188 cm³/mol. The van der Waals surface area contributed by atoms with E-state index < -0.39 is 6.29 Å². The van der Waals surface area contributed by atoms with Crippen LogP contribution in [-0.2, 0) is 29.2 Å². The fourth-order valence-corrected chi connectivity index (χ4v) is 6.37. The van der Waals surface area contributed by atoms with E-state index in [1.54, 1.807) is 10.9 Å². The van der Waals surface area contributed by atoms with Gasteiger partial charge in [0.25, 0.3) is 5.91 Å². The van der Waals surface area contributed by atoms with E-state index in [4.69, 9.17) is 32.7 Å². The van der Waals surface area contributed by atoms with Gasteiger partial charge < -0.3 is 24.5 Å². The Morgan fingerprint density at radius 2 is 1.61 bits per heavy atom. The number of ether oxygens (including phenoxy) is 2. The number of carbonyl (C=O) groups is 1. The smallest absolute Gasteiger partial charge is 0.271 e. The summed E-state index contributed by atoms with van der Waals surface area (Å²) in [6.45, 7) is 2.82. The van der Waals surface area contributed by atoms with Crippen LogP contribution in [0.15, 0.2) is 110 Å². The molecule has 1 aliphatic heterocycles. The molecule has 9 nitrogen and oxygen atoms in total. The minimum atomic E-state index is -0.674. The Bertz CT molecular complexity index is 2100. The maximum absolute atomic E-state index is 12.9. The molecular weight excluding hydrogens is 661 g/mol. The molecule has 11 heteroatoms. The highest BCUT2D eigenvalue weighted by atomic mass is 35.5. The summed E-state index contributed by atoms with van der Waals surface area (Å²) < 4.78 is 15.1. The van der Waals surface area contributed by atoms with Crippen LogP contribution in [0.5, 0.6) is 0 Å². The van der Waals surface area contributed by atoms with Gasteiger partial charge in [0.05, 0.1) is 48.9 Å². The first-order valence-corrected chi connectivity index (χ1v) is 16.7. The number of hydrogen-bond donors (Lipinski definition) is 2. The number of nitrogens with one attached hydrogen (secondary N) is 1. The van der Waals surface area contributed by atoms with Crippen molar-refractivity contribution in [2.45, 2.75) is 45.1 Å². The van der Waals surface area contributed by atoms with Crippen molar-refractivity contribution < 1.29 is 19.4 Å². The normalized spacial score (nSPS) is 19.2. The van der Waals surface area contributed by atoms with Gasteiger partial charge in [-0.25, -0.2) is 9.97 Å². The van der Waals surface area contributed by atoms with E-state index in [1.165, 1.54) is 6.20 Å². The zero-order valence-electron chi connectivity index (χ0n) is 26.5. The van der Waals surface area contributed by atoms with Crippen molar-refractivity contribution in [1.82, 2.24) is 24.8 Å². The van der Waals surface area contributed by atoms with Gasteiger partial charge in [-0.1, -0.05) is 103 Å². The Kier molecular flexibility index (Phi) is 9.70. The molecule has 248 valence electrons. The third-order valence-electron chi connectivity index (χ3n) is 8.79. The van der Waals surface area contributed by atoms with Crippen molar-refractivity contribution in [3.63, 3.8) is 0 Å². The topological polar surface area (TPSA) is 111 Å². The number of rotatable bonds is 9. The Balaban J connectivity index is 1.11. The quantitative estimate of drug-likeness (QED) is 0.160. The molecule has 0 saturated carbocycles. The summed E-state index contributed by atoms with van der Waals surface area (Å²) in [7, 11) is 0. The minimum absolute atomic E-state index is 0.0326. The van der Waals surface area contributed by atoms with E-state index in [-0.39, 0.29) is 41.5 Å². The Morgan fingerprint density at radius 3 is 2.37 bits per heavy atom. The molecule has 1 aliphatic rings. The maximum Gasteiger partial charge on any atom is 0.271 e. The number of amides is 1. The van der Waals surface area contributed by atoms with Crippen molar-refractivity contribution in [2.75, 3.05) is 0 Å². The molecule has 1 fully saturated rings. The van der Waals surface area contributed by atoms with Gasteiger partial charge in [0, 0.05) is 18.0 Å². The largest absolute Gasteiger partial charge is 0.392 e. The molecule has 4 atom stereocenters. The zero-order chi connectivity index (χ0) is 33.9. The van der Waals surface area contributed by atoms with Crippen LogP contribution in [-0.4, -0.2) is 36.6 Å². The second-order valence-electron chi connectivity index (χ2n) is 12.1. The average Bonchev–Trinajstić information content (AvgIpc) is 3.46. The Labute approximate surface area is 293 Å². The number of imidazole rings is 1. The molecule has 1 saturated heterocycles. The summed E-state index contributed by atoms with van der Waals surface area (Å²) in [4.78, 5) is 25.9. The molecule has 4 aromatic carbocycles. The van der Waals surface area contributed by atoms with E-state index in [0.29, 0.717) is 23.8 Å². The van der Waals surface area contributed by atoms with Gasteiger partial charge in [-0.3, -0.25) is 9.78 Å². The zero-order valence-corrected chi connectivity index (χ0v) is 28.1. The highest BCUT2D eigenvalue weighted by molar-refractivity contribution is 6.40. The third kappa shape index (κ3) is 7.22. The van der Waals surface area contributed by atoms with Gasteiger partial charge in [-0.15, -0.1) is 0 Å². The summed E-state index contributed by atoms with van der Waals surface area (Å²) in [5, 5.41) is 13.1. The molecule has 1 amide bonds. The molecule has 0 bridgehead atoms. The Morgan fingerprint density at radius 1 is 0.857 bits per heavy atom. The highest BCUT2D eigenvalue weighted by Gasteiger charge is 2.39. The van der Waals surface area contributed by atoms with Crippen LogP contribution >= 0.6 is 23.2 Å². The lowest BCUT2D eigenvalue weighted by Crippen LogP contribution is -2.39. The SMILES string of the molecule is CC1C(Cn2cnc(Cl)c2Cl)OC(c2cccc(-c3cccc(CNC(=O)c4cnc5ccccc5n4)c3)c2)OC1c1ccc(CO)cc1. The number of fused-ring (bicyclic) bond motifs is 1. The van der Waals surface area contributed by atoms with E-state index in [1.807, 2.05) is 84.9 Å². The molecule has 4 unspecified atom stereocenters. The van der Waals surface area contributed by atoms with Gasteiger partial charge in [0.1, 0.15) is 10.8 Å². The molecule has 2 aromatic heterocycles. The van der Waals surface area contributed by atoms with Gasteiger partial charge >= 0.3 is 0 Å². The van der Waals surface area contributed by atoms with E-state index >= 15 is 0 Å². The van der Waals surface area contributed by atoms with E-state index in [9.17, 15) is 9.90 Å². The fraction of sp³-hybridized carbons (Fsp3) is 0.211. The minimum Gasteiger partial charge on any atom is -0.392 e. The number of hydrogen-bond acceptors (Lipinski definition) is 7. The summed E-state index contributed by atoms with van der Waals surface area (Å²) >= 11 is 12.6. The second kappa shape index (κ2) is 14.5. The molecule has 0 aliphatic carbocycles. The van der Waals surface area contributed by atoms with E-state index in [2.05, 4.69) is 39.3 Å². The first kappa shape index (κ1) is 32.9. The number of nitrogens with zero attached hydrogens (tertiary/aromatic N) is 4. The average molecular weight is 695 g/mol. The number of aliphatic hydroxyl groups excluding tert-OH is 1. The number of para-hydroxylation sites is 2. The summed E-state index contributed by atoms with van der Waals surface area (Å²) in [5.74, 6) is -0.343. The first-order chi connectivity index (χ1) is 23.9.